The molecule has 134 valence electrons. The van der Waals surface area contributed by atoms with E-state index in [4.69, 9.17) is 5.73 Å². The van der Waals surface area contributed by atoms with Crippen LogP contribution in [0.3, 0.4) is 0 Å². The Hall–Kier alpha value is -0.810. The lowest BCUT2D eigenvalue weighted by Crippen LogP contribution is -2.47. The number of carbonyl (C=O) groups is 2. The first-order valence-electron chi connectivity index (χ1n) is 8.90. The van der Waals surface area contributed by atoms with Gasteiger partial charge in [0.15, 0.2) is 0 Å². The Kier molecular flexibility index (Phi) is 8.34. The van der Waals surface area contributed by atoms with Crippen LogP contribution < -0.4 is 11.1 Å². The molecule has 0 aromatic heterocycles. The lowest BCUT2D eigenvalue weighted by molar-refractivity contribution is -0.130. The van der Waals surface area contributed by atoms with Gasteiger partial charge >= 0.3 is 0 Å². The van der Waals surface area contributed by atoms with E-state index in [2.05, 4.69) is 19.2 Å². The van der Waals surface area contributed by atoms with Crippen LogP contribution in [0.1, 0.15) is 58.8 Å². The maximum absolute atomic E-state index is 12.5. The third-order valence-corrected chi connectivity index (χ3v) is 5.45. The van der Waals surface area contributed by atoms with E-state index in [0.717, 1.165) is 32.1 Å². The van der Waals surface area contributed by atoms with Gasteiger partial charge in [-0.05, 0) is 38.1 Å². The topological polar surface area (TPSA) is 75.4 Å². The molecular formula is C17H32ClN3O2. The second kappa shape index (κ2) is 9.48. The molecule has 2 aliphatic rings. The van der Waals surface area contributed by atoms with Crippen molar-refractivity contribution in [2.45, 2.75) is 70.9 Å². The standard InChI is InChI=1S/C17H31N3O2.ClH/c1-3-14(4-2)20-11-13(9-16(20)21)17(22)19-15-8-6-5-7-12(15)10-18;/h12-15H,3-11,18H2,1-2H3,(H,19,22);1H. The SMILES string of the molecule is CCC(CC)N1CC(C(=O)NC2CCCCC2CN)CC1=O.Cl. The minimum atomic E-state index is -0.187. The van der Waals surface area contributed by atoms with Crippen molar-refractivity contribution in [3.05, 3.63) is 0 Å². The van der Waals surface area contributed by atoms with Gasteiger partial charge in [-0.1, -0.05) is 26.7 Å². The van der Waals surface area contributed by atoms with E-state index >= 15 is 0 Å². The fraction of sp³-hybridized carbons (Fsp3) is 0.882. The molecule has 2 fully saturated rings. The number of carbonyl (C=O) groups excluding carboxylic acids is 2. The van der Waals surface area contributed by atoms with Gasteiger partial charge in [-0.15, -0.1) is 12.4 Å². The van der Waals surface area contributed by atoms with E-state index in [-0.39, 0.29) is 42.2 Å². The zero-order chi connectivity index (χ0) is 16.1. The summed E-state index contributed by atoms with van der Waals surface area (Å²) >= 11 is 0. The number of rotatable bonds is 6. The molecule has 5 nitrogen and oxygen atoms in total. The summed E-state index contributed by atoms with van der Waals surface area (Å²) in [7, 11) is 0. The molecule has 0 aromatic rings. The van der Waals surface area contributed by atoms with Crippen molar-refractivity contribution < 1.29 is 9.59 Å². The second-order valence-corrected chi connectivity index (χ2v) is 6.81. The molecule has 0 radical (unpaired) electrons. The molecule has 2 rings (SSSR count). The molecule has 0 aromatic carbocycles. The third kappa shape index (κ3) is 4.83. The fourth-order valence-electron chi connectivity index (χ4n) is 3.97. The maximum atomic E-state index is 12.5. The zero-order valence-electron chi connectivity index (χ0n) is 14.4. The molecular weight excluding hydrogens is 314 g/mol. The highest BCUT2D eigenvalue weighted by molar-refractivity contribution is 5.89. The summed E-state index contributed by atoms with van der Waals surface area (Å²) in [4.78, 5) is 26.6. The molecule has 1 saturated carbocycles. The van der Waals surface area contributed by atoms with Gasteiger partial charge in [0, 0.05) is 25.0 Å². The number of likely N-dealkylation sites (tertiary alicyclic amines) is 1. The first-order chi connectivity index (χ1) is 10.6. The van der Waals surface area contributed by atoms with Crippen LogP contribution in [0.25, 0.3) is 0 Å². The van der Waals surface area contributed by atoms with Crippen LogP contribution >= 0.6 is 12.4 Å². The van der Waals surface area contributed by atoms with Crippen molar-refractivity contribution in [2.75, 3.05) is 13.1 Å². The molecule has 23 heavy (non-hydrogen) atoms. The van der Waals surface area contributed by atoms with Crippen molar-refractivity contribution in [1.82, 2.24) is 10.2 Å². The maximum Gasteiger partial charge on any atom is 0.225 e. The van der Waals surface area contributed by atoms with E-state index in [1.165, 1.54) is 6.42 Å². The highest BCUT2D eigenvalue weighted by Gasteiger charge is 2.38. The van der Waals surface area contributed by atoms with Crippen molar-refractivity contribution in [2.24, 2.45) is 17.6 Å². The van der Waals surface area contributed by atoms with Crippen molar-refractivity contribution in [3.8, 4) is 0 Å². The van der Waals surface area contributed by atoms with E-state index in [1.807, 2.05) is 4.90 Å². The summed E-state index contributed by atoms with van der Waals surface area (Å²) in [5.74, 6) is 0.387. The Labute approximate surface area is 146 Å². The molecule has 0 spiro atoms. The quantitative estimate of drug-likeness (QED) is 0.773. The van der Waals surface area contributed by atoms with Crippen LogP contribution in [-0.2, 0) is 9.59 Å². The monoisotopic (exact) mass is 345 g/mol. The smallest absolute Gasteiger partial charge is 0.225 e. The van der Waals surface area contributed by atoms with Gasteiger partial charge in [0.2, 0.25) is 11.8 Å². The predicted molar refractivity (Wildman–Crippen MR) is 94.4 cm³/mol. The van der Waals surface area contributed by atoms with Gasteiger partial charge in [0.05, 0.1) is 5.92 Å². The Bertz CT molecular complexity index is 401. The molecule has 1 aliphatic heterocycles. The third-order valence-electron chi connectivity index (χ3n) is 5.45. The van der Waals surface area contributed by atoms with Crippen molar-refractivity contribution in [1.29, 1.82) is 0 Å². The summed E-state index contributed by atoms with van der Waals surface area (Å²) in [5, 5.41) is 3.18. The molecule has 1 aliphatic carbocycles. The molecule has 1 heterocycles. The van der Waals surface area contributed by atoms with Crippen molar-refractivity contribution in [3.63, 3.8) is 0 Å². The number of hydrogen-bond donors (Lipinski definition) is 2. The Morgan fingerprint density at radius 2 is 1.96 bits per heavy atom. The first-order valence-corrected chi connectivity index (χ1v) is 8.90. The summed E-state index contributed by atoms with van der Waals surface area (Å²) in [5.41, 5.74) is 5.83. The number of nitrogens with two attached hydrogens (primary N) is 1. The Balaban J connectivity index is 0.00000264. The molecule has 2 amide bonds. The summed E-state index contributed by atoms with van der Waals surface area (Å²) in [6.45, 7) is 5.41. The highest BCUT2D eigenvalue weighted by Crippen LogP contribution is 2.26. The summed E-state index contributed by atoms with van der Waals surface area (Å²) < 4.78 is 0. The van der Waals surface area contributed by atoms with Gasteiger partial charge in [-0.2, -0.15) is 0 Å². The molecule has 3 unspecified atom stereocenters. The average molecular weight is 346 g/mol. The van der Waals surface area contributed by atoms with Crippen LogP contribution in [0.2, 0.25) is 0 Å². The van der Waals surface area contributed by atoms with Crippen LogP contribution in [0.5, 0.6) is 0 Å². The van der Waals surface area contributed by atoms with Crippen LogP contribution in [0, 0.1) is 11.8 Å². The van der Waals surface area contributed by atoms with E-state index in [9.17, 15) is 9.59 Å². The van der Waals surface area contributed by atoms with E-state index in [1.54, 1.807) is 0 Å². The minimum absolute atomic E-state index is 0. The number of nitrogens with one attached hydrogen (secondary N) is 1. The molecule has 3 atom stereocenters. The van der Waals surface area contributed by atoms with Gasteiger partial charge < -0.3 is 16.0 Å². The minimum Gasteiger partial charge on any atom is -0.353 e. The molecule has 3 N–H and O–H groups in total. The summed E-state index contributed by atoms with van der Waals surface area (Å²) in [6, 6.07) is 0.473. The number of halogens is 1. The first kappa shape index (κ1) is 20.2. The zero-order valence-corrected chi connectivity index (χ0v) is 15.2. The Morgan fingerprint density at radius 3 is 2.57 bits per heavy atom. The number of hydrogen-bond acceptors (Lipinski definition) is 3. The van der Waals surface area contributed by atoms with E-state index in [0.29, 0.717) is 25.4 Å². The van der Waals surface area contributed by atoms with Crippen molar-refractivity contribution >= 4 is 24.2 Å². The Morgan fingerprint density at radius 1 is 1.30 bits per heavy atom. The van der Waals surface area contributed by atoms with Crippen LogP contribution in [0.4, 0.5) is 0 Å². The van der Waals surface area contributed by atoms with Crippen LogP contribution in [0.15, 0.2) is 0 Å². The van der Waals surface area contributed by atoms with E-state index < -0.39 is 0 Å². The molecule has 1 saturated heterocycles. The number of amides is 2. The number of nitrogens with zero attached hydrogens (tertiary/aromatic N) is 1. The second-order valence-electron chi connectivity index (χ2n) is 6.81. The summed E-state index contributed by atoms with van der Waals surface area (Å²) in [6.07, 6.45) is 6.75. The lowest BCUT2D eigenvalue weighted by atomic mass is 9.84. The highest BCUT2D eigenvalue weighted by atomic mass is 35.5. The normalized spacial score (nSPS) is 27.9. The van der Waals surface area contributed by atoms with Crippen LogP contribution in [-0.4, -0.2) is 41.9 Å². The molecule has 6 heteroatoms. The lowest BCUT2D eigenvalue weighted by Gasteiger charge is -2.32. The van der Waals surface area contributed by atoms with Gasteiger partial charge in [0.1, 0.15) is 0 Å². The van der Waals surface area contributed by atoms with Gasteiger partial charge in [-0.3, -0.25) is 9.59 Å². The van der Waals surface area contributed by atoms with Gasteiger partial charge in [-0.25, -0.2) is 0 Å². The fourth-order valence-corrected chi connectivity index (χ4v) is 3.97. The predicted octanol–water partition coefficient (Wildman–Crippen LogP) is 2.08. The van der Waals surface area contributed by atoms with Gasteiger partial charge in [0.25, 0.3) is 0 Å². The molecule has 0 bridgehead atoms. The average Bonchev–Trinajstić information content (AvgIpc) is 2.91. The largest absolute Gasteiger partial charge is 0.353 e.